The highest BCUT2D eigenvalue weighted by molar-refractivity contribution is 5.82. The van der Waals surface area contributed by atoms with Gasteiger partial charge in [0, 0.05) is 18.4 Å². The maximum atomic E-state index is 12.4. The van der Waals surface area contributed by atoms with Gasteiger partial charge in [-0.25, -0.2) is 9.59 Å². The maximum absolute atomic E-state index is 12.4. The fourth-order valence-electron chi connectivity index (χ4n) is 3.63. The van der Waals surface area contributed by atoms with Crippen molar-refractivity contribution in [1.82, 2.24) is 0 Å². The first-order valence-corrected chi connectivity index (χ1v) is 12.0. The number of nitrogens with two attached hydrogens (primary N) is 1. The van der Waals surface area contributed by atoms with E-state index in [4.69, 9.17) is 15.2 Å². The van der Waals surface area contributed by atoms with Gasteiger partial charge in [0.05, 0.1) is 0 Å². The number of ether oxygens (including phenoxy) is 2. The van der Waals surface area contributed by atoms with Gasteiger partial charge in [0.2, 0.25) is 0 Å². The lowest BCUT2D eigenvalue weighted by atomic mass is 9.96. The summed E-state index contributed by atoms with van der Waals surface area (Å²) in [6.07, 6.45) is 12.7. The third-order valence-electron chi connectivity index (χ3n) is 5.55. The number of carbonyl (C=O) groups is 3. The highest BCUT2D eigenvalue weighted by atomic mass is 16.6. The van der Waals surface area contributed by atoms with Gasteiger partial charge in [-0.1, -0.05) is 55.0 Å². The molecule has 1 aliphatic heterocycles. The number of aliphatic hydroxyl groups excluding tert-OH is 2. The number of hydrogen-bond donors (Lipinski definition) is 3. The van der Waals surface area contributed by atoms with Crippen LogP contribution in [-0.2, 0) is 19.1 Å². The Hall–Kier alpha value is -2.97. The Kier molecular flexibility index (Phi) is 14.3. The van der Waals surface area contributed by atoms with Gasteiger partial charge in [-0.2, -0.15) is 0 Å². The van der Waals surface area contributed by atoms with Crippen LogP contribution in [0.2, 0.25) is 0 Å². The van der Waals surface area contributed by atoms with Crippen LogP contribution < -0.4 is 5.73 Å². The van der Waals surface area contributed by atoms with Crippen molar-refractivity contribution in [3.05, 3.63) is 59.8 Å². The van der Waals surface area contributed by atoms with Crippen molar-refractivity contribution < 1.29 is 34.1 Å². The Balaban J connectivity index is 3.05. The lowest BCUT2D eigenvalue weighted by Gasteiger charge is -2.24. The van der Waals surface area contributed by atoms with Crippen LogP contribution in [0.3, 0.4) is 0 Å². The standard InChI is InChI=1S/C27H39NO7/c1-19-12-8-4-6-10-14-23(35-27(28)33)26(32)22(30)13-9-5-7-11-15-25(31)34-24(17-19)21(3)16-20(2)18-29/h4,8-9,11-13,15-16,18,21-24,26,30,32H,5-7,10,14,17H2,1-3H3,(H2,28,33)/b8-4+,13-9+,15-11+,19-12+,20-16+. The molecule has 1 aliphatic rings. The van der Waals surface area contributed by atoms with Crippen molar-refractivity contribution in [2.75, 3.05) is 0 Å². The summed E-state index contributed by atoms with van der Waals surface area (Å²) < 4.78 is 10.7. The van der Waals surface area contributed by atoms with Crippen LogP contribution in [0.1, 0.15) is 59.3 Å². The van der Waals surface area contributed by atoms with Crippen molar-refractivity contribution >= 4 is 18.3 Å². The second-order valence-corrected chi connectivity index (χ2v) is 8.80. The van der Waals surface area contributed by atoms with E-state index in [0.29, 0.717) is 44.1 Å². The Morgan fingerprint density at radius 1 is 1.23 bits per heavy atom. The van der Waals surface area contributed by atoms with Crippen LogP contribution in [0.25, 0.3) is 0 Å². The summed E-state index contributed by atoms with van der Waals surface area (Å²) in [5, 5.41) is 20.6. The number of cyclic esters (lactones) is 1. The van der Waals surface area contributed by atoms with Gasteiger partial charge >= 0.3 is 12.1 Å². The fourth-order valence-corrected chi connectivity index (χ4v) is 3.63. The van der Waals surface area contributed by atoms with Crippen molar-refractivity contribution in [2.24, 2.45) is 11.7 Å². The molecule has 0 saturated carbocycles. The zero-order valence-electron chi connectivity index (χ0n) is 20.8. The van der Waals surface area contributed by atoms with E-state index in [1.807, 2.05) is 32.1 Å². The molecule has 0 saturated heterocycles. The second kappa shape index (κ2) is 16.6. The lowest BCUT2D eigenvalue weighted by molar-refractivity contribution is -0.144. The number of rotatable bonds is 4. The van der Waals surface area contributed by atoms with Gasteiger partial charge in [0.25, 0.3) is 0 Å². The molecule has 0 aromatic rings. The highest BCUT2D eigenvalue weighted by Crippen LogP contribution is 2.20. The van der Waals surface area contributed by atoms with E-state index in [1.54, 1.807) is 25.2 Å². The van der Waals surface area contributed by atoms with Gasteiger partial charge in [-0.15, -0.1) is 0 Å². The number of hydrogen-bond acceptors (Lipinski definition) is 7. The molecule has 1 rings (SSSR count). The molecule has 4 N–H and O–H groups in total. The Labute approximate surface area is 207 Å². The minimum Gasteiger partial charge on any atom is -0.458 e. The topological polar surface area (TPSA) is 136 Å². The summed E-state index contributed by atoms with van der Waals surface area (Å²) in [6.45, 7) is 5.56. The summed E-state index contributed by atoms with van der Waals surface area (Å²) in [6, 6.07) is 0. The van der Waals surface area contributed by atoms with Crippen molar-refractivity contribution in [3.63, 3.8) is 0 Å². The number of aldehydes is 1. The second-order valence-electron chi connectivity index (χ2n) is 8.80. The average Bonchev–Trinajstić information content (AvgIpc) is 2.80. The number of amides is 1. The number of primary amides is 1. The third-order valence-corrected chi connectivity index (χ3v) is 5.55. The van der Waals surface area contributed by atoms with Crippen LogP contribution >= 0.6 is 0 Å². The zero-order valence-corrected chi connectivity index (χ0v) is 20.8. The minimum atomic E-state index is -1.31. The lowest BCUT2D eigenvalue weighted by Crippen LogP contribution is -2.40. The summed E-state index contributed by atoms with van der Waals surface area (Å²) in [7, 11) is 0. The van der Waals surface area contributed by atoms with Crippen molar-refractivity contribution in [3.8, 4) is 0 Å². The maximum Gasteiger partial charge on any atom is 0.404 e. The molecule has 5 atom stereocenters. The molecule has 1 heterocycles. The first-order chi connectivity index (χ1) is 16.6. The largest absolute Gasteiger partial charge is 0.458 e. The number of carbonyl (C=O) groups excluding carboxylic acids is 3. The van der Waals surface area contributed by atoms with E-state index in [0.717, 1.165) is 11.9 Å². The first kappa shape index (κ1) is 30.1. The number of allylic oxidation sites excluding steroid dienone is 6. The monoisotopic (exact) mass is 489 g/mol. The van der Waals surface area contributed by atoms with E-state index in [-0.39, 0.29) is 5.92 Å². The highest BCUT2D eigenvalue weighted by Gasteiger charge is 2.27. The van der Waals surface area contributed by atoms with Gasteiger partial charge < -0.3 is 25.4 Å². The molecule has 0 aromatic heterocycles. The van der Waals surface area contributed by atoms with Crippen LogP contribution in [0, 0.1) is 5.92 Å². The van der Waals surface area contributed by atoms with E-state index >= 15 is 0 Å². The predicted octanol–water partition coefficient (Wildman–Crippen LogP) is 3.83. The van der Waals surface area contributed by atoms with Crippen molar-refractivity contribution in [2.45, 2.75) is 83.7 Å². The summed E-state index contributed by atoms with van der Waals surface area (Å²) in [5.74, 6) is -0.622. The molecule has 0 aliphatic carbocycles. The van der Waals surface area contributed by atoms with Crippen molar-refractivity contribution in [1.29, 1.82) is 0 Å². The van der Waals surface area contributed by atoms with E-state index < -0.39 is 36.5 Å². The van der Waals surface area contributed by atoms with Crippen LogP contribution in [0.15, 0.2) is 59.8 Å². The molecule has 1 amide bonds. The molecule has 35 heavy (non-hydrogen) atoms. The molecule has 8 heteroatoms. The zero-order chi connectivity index (χ0) is 26.2. The van der Waals surface area contributed by atoms with Crippen LogP contribution in [0.5, 0.6) is 0 Å². The van der Waals surface area contributed by atoms with Gasteiger partial charge in [-0.05, 0) is 51.5 Å². The smallest absolute Gasteiger partial charge is 0.404 e. The Bertz CT molecular complexity index is 840. The summed E-state index contributed by atoms with van der Waals surface area (Å²) in [5.41, 5.74) is 6.70. The quantitative estimate of drug-likeness (QED) is 0.236. The number of aliphatic hydroxyl groups is 2. The van der Waals surface area contributed by atoms with Crippen LogP contribution in [-0.4, -0.2) is 53.0 Å². The molecule has 8 nitrogen and oxygen atoms in total. The van der Waals surface area contributed by atoms with Gasteiger partial charge in [-0.3, -0.25) is 4.79 Å². The molecule has 0 bridgehead atoms. The SMILES string of the molecule is C/C(C=O)=C\C(C)C1C/C(C)=C/C=C/CCCC(OC(N)=O)C(O)C(O)/C=C/CC/C=C/C(=O)O1. The van der Waals surface area contributed by atoms with Gasteiger partial charge in [0.1, 0.15) is 30.7 Å². The third kappa shape index (κ3) is 12.9. The molecule has 0 aromatic carbocycles. The molecule has 0 spiro atoms. The molecular weight excluding hydrogens is 450 g/mol. The summed E-state index contributed by atoms with van der Waals surface area (Å²) >= 11 is 0. The number of esters is 1. The van der Waals surface area contributed by atoms with E-state index in [1.165, 1.54) is 12.2 Å². The van der Waals surface area contributed by atoms with E-state index in [9.17, 15) is 24.6 Å². The first-order valence-electron chi connectivity index (χ1n) is 12.0. The molecule has 194 valence electrons. The Morgan fingerprint density at radius 3 is 2.63 bits per heavy atom. The molecule has 0 fully saturated rings. The predicted molar refractivity (Wildman–Crippen MR) is 134 cm³/mol. The normalized spacial score (nSPS) is 31.1. The average molecular weight is 490 g/mol. The van der Waals surface area contributed by atoms with Crippen LogP contribution in [0.4, 0.5) is 4.79 Å². The molecule has 0 radical (unpaired) electrons. The summed E-state index contributed by atoms with van der Waals surface area (Å²) in [4.78, 5) is 34.6. The van der Waals surface area contributed by atoms with E-state index in [2.05, 4.69) is 0 Å². The molecule has 5 unspecified atom stereocenters. The fraction of sp³-hybridized carbons (Fsp3) is 0.519. The molecular formula is C27H39NO7. The van der Waals surface area contributed by atoms with Gasteiger partial charge in [0.15, 0.2) is 0 Å². The Morgan fingerprint density at radius 2 is 1.94 bits per heavy atom. The minimum absolute atomic E-state index is 0.152.